The predicted molar refractivity (Wildman–Crippen MR) is 92.9 cm³/mol. The highest BCUT2D eigenvalue weighted by Crippen LogP contribution is 2.37. The molecule has 0 aromatic heterocycles. The van der Waals surface area contributed by atoms with Gasteiger partial charge in [-0.2, -0.15) is 0 Å². The van der Waals surface area contributed by atoms with Crippen LogP contribution in [0.1, 0.15) is 53.4 Å². The van der Waals surface area contributed by atoms with Crippen molar-refractivity contribution < 1.29 is 14.4 Å². The van der Waals surface area contributed by atoms with E-state index in [1.165, 1.54) is 0 Å². The van der Waals surface area contributed by atoms with Crippen LogP contribution >= 0.6 is 0 Å². The molecule has 0 aromatic carbocycles. The minimum atomic E-state index is -0.284. The van der Waals surface area contributed by atoms with Crippen molar-refractivity contribution in [3.8, 4) is 0 Å². The number of nitrogens with zero attached hydrogens (tertiary/aromatic N) is 1. The lowest BCUT2D eigenvalue weighted by Crippen LogP contribution is -2.49. The van der Waals surface area contributed by atoms with Crippen LogP contribution in [0.3, 0.4) is 0 Å². The quantitative estimate of drug-likeness (QED) is 0.855. The third kappa shape index (κ3) is 3.98. The lowest BCUT2D eigenvalue weighted by atomic mass is 9.69. The highest BCUT2D eigenvalue weighted by molar-refractivity contribution is 5.86. The lowest BCUT2D eigenvalue weighted by Gasteiger charge is -2.40. The number of carbonyl (C=O) groups excluding carboxylic acids is 3. The Balaban J connectivity index is 2.06. The van der Waals surface area contributed by atoms with Gasteiger partial charge in [-0.15, -0.1) is 0 Å². The van der Waals surface area contributed by atoms with Crippen LogP contribution in [0.5, 0.6) is 0 Å². The zero-order valence-electron chi connectivity index (χ0n) is 15.5. The summed E-state index contributed by atoms with van der Waals surface area (Å²) in [7, 11) is 0. The first kappa shape index (κ1) is 18.9. The summed E-state index contributed by atoms with van der Waals surface area (Å²) in [6.07, 6.45) is 3.17. The summed E-state index contributed by atoms with van der Waals surface area (Å²) < 4.78 is 0. The number of rotatable bonds is 4. The molecule has 1 aliphatic carbocycles. The van der Waals surface area contributed by atoms with E-state index in [2.05, 4.69) is 6.92 Å². The average molecular weight is 336 g/mol. The van der Waals surface area contributed by atoms with E-state index in [0.29, 0.717) is 18.9 Å². The summed E-state index contributed by atoms with van der Waals surface area (Å²) in [4.78, 5) is 38.9. The van der Waals surface area contributed by atoms with Crippen molar-refractivity contribution in [2.45, 2.75) is 53.4 Å². The monoisotopic (exact) mass is 336 g/mol. The molecule has 2 N–H and O–H groups in total. The Morgan fingerprint density at radius 1 is 1.00 bits per heavy atom. The Bertz CT molecular complexity index is 503. The van der Waals surface area contributed by atoms with Gasteiger partial charge in [0, 0.05) is 36.8 Å². The van der Waals surface area contributed by atoms with Crippen molar-refractivity contribution in [2.24, 2.45) is 41.2 Å². The molecule has 0 bridgehead atoms. The minimum Gasteiger partial charge on any atom is -0.369 e. The van der Waals surface area contributed by atoms with Crippen LogP contribution in [-0.2, 0) is 14.4 Å². The van der Waals surface area contributed by atoms with Crippen LogP contribution in [-0.4, -0.2) is 35.6 Å². The molecule has 5 heteroatoms. The molecule has 5 atom stereocenters. The van der Waals surface area contributed by atoms with Gasteiger partial charge in [-0.1, -0.05) is 27.7 Å². The van der Waals surface area contributed by atoms with Crippen LogP contribution in [0, 0.1) is 35.5 Å². The molecule has 5 unspecified atom stereocenters. The number of hydrogen-bond acceptors (Lipinski definition) is 3. The Labute approximate surface area is 145 Å². The summed E-state index contributed by atoms with van der Waals surface area (Å²) in [6, 6.07) is 0. The summed E-state index contributed by atoms with van der Waals surface area (Å²) >= 11 is 0. The average Bonchev–Trinajstić information content (AvgIpc) is 2.54. The molecule has 2 aliphatic rings. The number of likely N-dealkylation sites (tertiary alicyclic amines) is 1. The normalized spacial score (nSPS) is 34.2. The minimum absolute atomic E-state index is 0.0380. The fourth-order valence-electron chi connectivity index (χ4n) is 4.28. The number of Topliss-reactive ketones (excluding diaryl/α,β-unsaturated/α-hetero) is 1. The Kier molecular flexibility index (Phi) is 6.05. The van der Waals surface area contributed by atoms with Gasteiger partial charge >= 0.3 is 0 Å². The smallest absolute Gasteiger partial charge is 0.225 e. The number of carbonyl (C=O) groups is 3. The summed E-state index contributed by atoms with van der Waals surface area (Å²) in [5.41, 5.74) is 5.52. The van der Waals surface area contributed by atoms with Crippen LogP contribution in [0.4, 0.5) is 0 Å². The first-order valence-corrected chi connectivity index (χ1v) is 9.34. The van der Waals surface area contributed by atoms with Crippen LogP contribution in [0.2, 0.25) is 0 Å². The molecule has 5 nitrogen and oxygen atoms in total. The van der Waals surface area contributed by atoms with E-state index >= 15 is 0 Å². The van der Waals surface area contributed by atoms with E-state index in [1.807, 2.05) is 25.7 Å². The van der Waals surface area contributed by atoms with E-state index in [-0.39, 0.29) is 47.2 Å². The second-order valence-electron chi connectivity index (χ2n) is 8.21. The van der Waals surface area contributed by atoms with Gasteiger partial charge in [-0.3, -0.25) is 14.4 Å². The predicted octanol–water partition coefficient (Wildman–Crippen LogP) is 2.23. The highest BCUT2D eigenvalue weighted by atomic mass is 16.2. The second-order valence-corrected chi connectivity index (χ2v) is 8.21. The first-order valence-electron chi connectivity index (χ1n) is 9.34. The standard InChI is InChI=1S/C19H32N2O3/c1-11(2)19(24)21-8-7-13(4)16(10-21)17(22)14-6-5-12(3)15(9-14)18(20)23/h11-16H,5-10H2,1-4H3,(H2,20,23). The van der Waals surface area contributed by atoms with Crippen molar-refractivity contribution in [3.05, 3.63) is 0 Å². The van der Waals surface area contributed by atoms with Crippen molar-refractivity contribution >= 4 is 17.6 Å². The Morgan fingerprint density at radius 2 is 1.62 bits per heavy atom. The van der Waals surface area contributed by atoms with Crippen LogP contribution in [0.25, 0.3) is 0 Å². The molecule has 1 saturated carbocycles. The molecule has 2 rings (SSSR count). The van der Waals surface area contributed by atoms with Gasteiger partial charge in [0.25, 0.3) is 0 Å². The van der Waals surface area contributed by atoms with E-state index < -0.39 is 0 Å². The van der Waals surface area contributed by atoms with Gasteiger partial charge in [-0.25, -0.2) is 0 Å². The molecule has 2 amide bonds. The molecular formula is C19H32N2O3. The number of piperidine rings is 1. The Morgan fingerprint density at radius 3 is 2.21 bits per heavy atom. The fraction of sp³-hybridized carbons (Fsp3) is 0.842. The largest absolute Gasteiger partial charge is 0.369 e. The molecule has 24 heavy (non-hydrogen) atoms. The number of hydrogen-bond donors (Lipinski definition) is 1. The van der Waals surface area contributed by atoms with Gasteiger partial charge in [0.1, 0.15) is 5.78 Å². The molecule has 1 heterocycles. The number of amides is 2. The van der Waals surface area contributed by atoms with Crippen LogP contribution < -0.4 is 5.73 Å². The topological polar surface area (TPSA) is 80.5 Å². The molecule has 1 saturated heterocycles. The van der Waals surface area contributed by atoms with Crippen molar-refractivity contribution in [2.75, 3.05) is 13.1 Å². The van der Waals surface area contributed by atoms with Gasteiger partial charge in [0.15, 0.2) is 0 Å². The zero-order chi connectivity index (χ0) is 18.0. The van der Waals surface area contributed by atoms with Crippen molar-refractivity contribution in [1.29, 1.82) is 0 Å². The third-order valence-electron chi connectivity index (χ3n) is 6.09. The molecule has 0 spiro atoms. The number of nitrogens with two attached hydrogens (primary N) is 1. The van der Waals surface area contributed by atoms with E-state index in [0.717, 1.165) is 25.8 Å². The highest BCUT2D eigenvalue weighted by Gasteiger charge is 2.40. The second kappa shape index (κ2) is 7.66. The third-order valence-corrected chi connectivity index (χ3v) is 6.09. The molecular weight excluding hydrogens is 304 g/mol. The van der Waals surface area contributed by atoms with E-state index in [1.54, 1.807) is 0 Å². The summed E-state index contributed by atoms with van der Waals surface area (Å²) in [5.74, 6) is 0.217. The summed E-state index contributed by atoms with van der Waals surface area (Å²) in [6.45, 7) is 9.23. The zero-order valence-corrected chi connectivity index (χ0v) is 15.5. The molecule has 1 aliphatic heterocycles. The molecule has 2 fully saturated rings. The SMILES string of the molecule is CC(C)C(=O)N1CCC(C)C(C(=O)C2CCC(C)C(C(N)=O)C2)C1. The summed E-state index contributed by atoms with van der Waals surface area (Å²) in [5, 5.41) is 0. The lowest BCUT2D eigenvalue weighted by molar-refractivity contribution is -0.141. The first-order chi connectivity index (χ1) is 11.2. The molecule has 0 radical (unpaired) electrons. The van der Waals surface area contributed by atoms with Gasteiger partial charge in [-0.05, 0) is 37.5 Å². The Hall–Kier alpha value is -1.39. The van der Waals surface area contributed by atoms with Crippen molar-refractivity contribution in [1.82, 2.24) is 4.90 Å². The van der Waals surface area contributed by atoms with Crippen LogP contribution in [0.15, 0.2) is 0 Å². The van der Waals surface area contributed by atoms with E-state index in [4.69, 9.17) is 5.73 Å². The molecule has 136 valence electrons. The van der Waals surface area contributed by atoms with Gasteiger partial charge in [0.05, 0.1) is 0 Å². The maximum absolute atomic E-state index is 13.1. The maximum atomic E-state index is 13.1. The van der Waals surface area contributed by atoms with Gasteiger partial charge in [0.2, 0.25) is 11.8 Å². The number of ketones is 1. The molecule has 0 aromatic rings. The van der Waals surface area contributed by atoms with Gasteiger partial charge < -0.3 is 10.6 Å². The van der Waals surface area contributed by atoms with E-state index in [9.17, 15) is 14.4 Å². The maximum Gasteiger partial charge on any atom is 0.225 e. The fourth-order valence-corrected chi connectivity index (χ4v) is 4.28. The number of primary amides is 1. The van der Waals surface area contributed by atoms with Crippen molar-refractivity contribution in [3.63, 3.8) is 0 Å².